The Kier molecular flexibility index (Phi) is 6.22. The second-order valence-electron chi connectivity index (χ2n) is 4.04. The molecule has 0 bridgehead atoms. The van der Waals surface area contributed by atoms with Gasteiger partial charge in [0.25, 0.3) is 5.91 Å². The van der Waals surface area contributed by atoms with Crippen LogP contribution in [-0.4, -0.2) is 37.5 Å². The van der Waals surface area contributed by atoms with Crippen LogP contribution in [0.4, 0.5) is 5.69 Å². The zero-order chi connectivity index (χ0) is 15.0. The minimum atomic E-state index is -0.641. The van der Waals surface area contributed by atoms with Gasteiger partial charge in [-0.1, -0.05) is 18.2 Å². The van der Waals surface area contributed by atoms with Crippen molar-refractivity contribution in [2.75, 3.05) is 24.6 Å². The number of benzene rings is 1. The molecular weight excluding hydrogens is 260 g/mol. The molecule has 0 saturated carbocycles. The van der Waals surface area contributed by atoms with Crippen molar-refractivity contribution in [1.29, 1.82) is 0 Å². The third-order valence-corrected chi connectivity index (χ3v) is 2.52. The Labute approximate surface area is 117 Å². The molecule has 0 aromatic heterocycles. The number of hydrogen-bond donors (Lipinski definition) is 1. The summed E-state index contributed by atoms with van der Waals surface area (Å²) >= 11 is 0. The van der Waals surface area contributed by atoms with Gasteiger partial charge < -0.3 is 15.0 Å². The van der Waals surface area contributed by atoms with Crippen LogP contribution in [0.15, 0.2) is 30.3 Å². The smallest absolute Gasteiger partial charge is 0.325 e. The Morgan fingerprint density at radius 3 is 2.40 bits per heavy atom. The number of anilines is 1. The van der Waals surface area contributed by atoms with Gasteiger partial charge in [-0.3, -0.25) is 14.4 Å². The van der Waals surface area contributed by atoms with Gasteiger partial charge in [0.15, 0.2) is 6.61 Å². The first kappa shape index (κ1) is 15.7. The molecule has 1 N–H and O–H groups in total. The van der Waals surface area contributed by atoms with E-state index in [0.717, 1.165) is 5.69 Å². The number of amides is 2. The number of ether oxygens (including phenoxy) is 1. The number of rotatable bonds is 6. The van der Waals surface area contributed by atoms with Gasteiger partial charge in [0, 0.05) is 19.2 Å². The van der Waals surface area contributed by atoms with Crippen LogP contribution in [0.25, 0.3) is 0 Å². The molecule has 0 aliphatic heterocycles. The van der Waals surface area contributed by atoms with Crippen molar-refractivity contribution in [3.63, 3.8) is 0 Å². The zero-order valence-corrected chi connectivity index (χ0v) is 11.6. The molecule has 0 spiro atoms. The van der Waals surface area contributed by atoms with Crippen molar-refractivity contribution in [1.82, 2.24) is 5.32 Å². The molecule has 20 heavy (non-hydrogen) atoms. The molecule has 108 valence electrons. The van der Waals surface area contributed by atoms with Gasteiger partial charge in [-0.25, -0.2) is 0 Å². The average molecular weight is 278 g/mol. The summed E-state index contributed by atoms with van der Waals surface area (Å²) in [6, 6.07) is 9.12. The van der Waals surface area contributed by atoms with E-state index in [4.69, 9.17) is 4.74 Å². The lowest BCUT2D eigenvalue weighted by molar-refractivity contribution is -0.147. The number of nitrogens with one attached hydrogen (secondary N) is 1. The molecule has 1 aromatic rings. The first-order valence-electron chi connectivity index (χ1n) is 6.30. The SMILES string of the molecule is CCN(C(=O)COC(=O)CNC(C)=O)c1ccccc1. The molecule has 0 saturated heterocycles. The van der Waals surface area contributed by atoms with Crippen molar-refractivity contribution < 1.29 is 19.1 Å². The minimum Gasteiger partial charge on any atom is -0.454 e. The van der Waals surface area contributed by atoms with E-state index in [9.17, 15) is 14.4 Å². The summed E-state index contributed by atoms with van der Waals surface area (Å²) in [5.74, 6) is -1.28. The van der Waals surface area contributed by atoms with E-state index < -0.39 is 5.97 Å². The molecule has 0 aliphatic rings. The first-order chi connectivity index (χ1) is 9.54. The Morgan fingerprint density at radius 2 is 1.85 bits per heavy atom. The molecule has 0 heterocycles. The van der Waals surface area contributed by atoms with Crippen LogP contribution >= 0.6 is 0 Å². The van der Waals surface area contributed by atoms with Crippen molar-refractivity contribution in [2.45, 2.75) is 13.8 Å². The third-order valence-electron chi connectivity index (χ3n) is 2.52. The largest absolute Gasteiger partial charge is 0.454 e. The van der Waals surface area contributed by atoms with Crippen molar-refractivity contribution in [2.24, 2.45) is 0 Å². The molecule has 6 heteroatoms. The van der Waals surface area contributed by atoms with Crippen molar-refractivity contribution in [3.8, 4) is 0 Å². The zero-order valence-electron chi connectivity index (χ0n) is 11.6. The summed E-state index contributed by atoms with van der Waals surface area (Å²) in [6.45, 7) is 3.03. The summed E-state index contributed by atoms with van der Waals surface area (Å²) in [5.41, 5.74) is 0.748. The van der Waals surface area contributed by atoms with Gasteiger partial charge in [-0.2, -0.15) is 0 Å². The van der Waals surface area contributed by atoms with Crippen LogP contribution < -0.4 is 10.2 Å². The molecule has 0 atom stereocenters. The van der Waals surface area contributed by atoms with E-state index in [0.29, 0.717) is 6.54 Å². The van der Waals surface area contributed by atoms with Gasteiger partial charge in [0.05, 0.1) is 0 Å². The van der Waals surface area contributed by atoms with Crippen LogP contribution in [0, 0.1) is 0 Å². The van der Waals surface area contributed by atoms with Crippen LogP contribution in [0.5, 0.6) is 0 Å². The number of para-hydroxylation sites is 1. The summed E-state index contributed by atoms with van der Waals surface area (Å²) in [6.07, 6.45) is 0. The summed E-state index contributed by atoms with van der Waals surface area (Å²) in [5, 5.41) is 2.31. The minimum absolute atomic E-state index is 0.236. The lowest BCUT2D eigenvalue weighted by Gasteiger charge is -2.20. The monoisotopic (exact) mass is 278 g/mol. The third kappa shape index (κ3) is 5.09. The number of carbonyl (C=O) groups excluding carboxylic acids is 3. The van der Waals surface area contributed by atoms with E-state index >= 15 is 0 Å². The maximum atomic E-state index is 12.0. The summed E-state index contributed by atoms with van der Waals surface area (Å²) in [7, 11) is 0. The highest BCUT2D eigenvalue weighted by atomic mass is 16.5. The van der Waals surface area contributed by atoms with Crippen LogP contribution in [0.3, 0.4) is 0 Å². The van der Waals surface area contributed by atoms with E-state index in [1.807, 2.05) is 25.1 Å². The standard InChI is InChI=1S/C14H18N2O4/c1-3-16(12-7-5-4-6-8-12)13(18)10-20-14(19)9-15-11(2)17/h4-8H,3,9-10H2,1-2H3,(H,15,17). The summed E-state index contributed by atoms with van der Waals surface area (Å²) < 4.78 is 4.81. The highest BCUT2D eigenvalue weighted by molar-refractivity contribution is 5.95. The van der Waals surface area contributed by atoms with Crippen LogP contribution in [0.2, 0.25) is 0 Å². The predicted octanol–water partition coefficient (Wildman–Crippen LogP) is 0.719. The number of esters is 1. The molecule has 2 amide bonds. The quantitative estimate of drug-likeness (QED) is 0.778. The maximum Gasteiger partial charge on any atom is 0.325 e. The average Bonchev–Trinajstić information content (AvgIpc) is 2.45. The second kappa shape index (κ2) is 7.93. The fourth-order valence-electron chi connectivity index (χ4n) is 1.58. The number of carbonyl (C=O) groups is 3. The number of nitrogens with zero attached hydrogens (tertiary/aromatic N) is 1. The van der Waals surface area contributed by atoms with Gasteiger partial charge >= 0.3 is 5.97 Å². The first-order valence-corrected chi connectivity index (χ1v) is 6.30. The fraction of sp³-hybridized carbons (Fsp3) is 0.357. The Bertz CT molecular complexity index is 473. The fourth-order valence-corrected chi connectivity index (χ4v) is 1.58. The van der Waals surface area contributed by atoms with E-state index in [2.05, 4.69) is 5.32 Å². The number of hydrogen-bond acceptors (Lipinski definition) is 4. The molecule has 0 radical (unpaired) electrons. The molecular formula is C14H18N2O4. The maximum absolute atomic E-state index is 12.0. The van der Waals surface area contributed by atoms with Gasteiger partial charge in [-0.15, -0.1) is 0 Å². The molecule has 1 aromatic carbocycles. The van der Waals surface area contributed by atoms with E-state index in [1.54, 1.807) is 12.1 Å². The summed E-state index contributed by atoms with van der Waals surface area (Å²) in [4.78, 5) is 35.4. The predicted molar refractivity (Wildman–Crippen MR) is 74.1 cm³/mol. The van der Waals surface area contributed by atoms with Crippen LogP contribution in [-0.2, 0) is 19.1 Å². The molecule has 1 rings (SSSR count). The van der Waals surface area contributed by atoms with Crippen molar-refractivity contribution in [3.05, 3.63) is 30.3 Å². The topological polar surface area (TPSA) is 75.7 Å². The molecule has 0 fully saturated rings. The Morgan fingerprint density at radius 1 is 1.20 bits per heavy atom. The number of likely N-dealkylation sites (N-methyl/N-ethyl adjacent to an activating group) is 1. The lowest BCUT2D eigenvalue weighted by atomic mass is 10.3. The van der Waals surface area contributed by atoms with Gasteiger partial charge in [-0.05, 0) is 19.1 Å². The molecule has 0 aliphatic carbocycles. The normalized spacial score (nSPS) is 9.70. The van der Waals surface area contributed by atoms with E-state index in [-0.39, 0.29) is 25.0 Å². The van der Waals surface area contributed by atoms with Gasteiger partial charge in [0.1, 0.15) is 6.54 Å². The van der Waals surface area contributed by atoms with Crippen molar-refractivity contribution >= 4 is 23.5 Å². The Hall–Kier alpha value is -2.37. The second-order valence-corrected chi connectivity index (χ2v) is 4.04. The molecule has 6 nitrogen and oxygen atoms in total. The molecule has 0 unspecified atom stereocenters. The Balaban J connectivity index is 2.48. The van der Waals surface area contributed by atoms with Crippen LogP contribution in [0.1, 0.15) is 13.8 Å². The lowest BCUT2D eigenvalue weighted by Crippen LogP contribution is -2.36. The van der Waals surface area contributed by atoms with Gasteiger partial charge in [0.2, 0.25) is 5.91 Å². The van der Waals surface area contributed by atoms with E-state index in [1.165, 1.54) is 11.8 Å². The highest BCUT2D eigenvalue weighted by Gasteiger charge is 2.15. The highest BCUT2D eigenvalue weighted by Crippen LogP contribution is 2.12.